The summed E-state index contributed by atoms with van der Waals surface area (Å²) in [6.45, 7) is 2.07. The van der Waals surface area contributed by atoms with Gasteiger partial charge in [0.25, 0.3) is 0 Å². The molecule has 3 aromatic rings. The lowest BCUT2D eigenvalue weighted by Gasteiger charge is -2.27. The van der Waals surface area contributed by atoms with Gasteiger partial charge in [-0.2, -0.15) is 0 Å². The van der Waals surface area contributed by atoms with Crippen LogP contribution in [0.2, 0.25) is 0 Å². The highest BCUT2D eigenvalue weighted by Gasteiger charge is 2.42. The first-order chi connectivity index (χ1) is 12.2. The Balaban J connectivity index is 1.87. The molecule has 1 saturated heterocycles. The lowest BCUT2D eigenvalue weighted by Crippen LogP contribution is -2.30. The predicted molar refractivity (Wildman–Crippen MR) is 103 cm³/mol. The number of aromatic nitrogens is 1. The van der Waals surface area contributed by atoms with Crippen molar-refractivity contribution in [2.45, 2.75) is 19.0 Å². The first-order valence-corrected chi connectivity index (χ1v) is 9.25. The van der Waals surface area contributed by atoms with E-state index in [-0.39, 0.29) is 17.9 Å². The molecule has 0 aliphatic carbocycles. The Morgan fingerprint density at radius 3 is 2.64 bits per heavy atom. The van der Waals surface area contributed by atoms with Gasteiger partial charge in [-0.15, -0.1) is 11.3 Å². The smallest absolute Gasteiger partial charge is 0.174 e. The molecule has 0 unspecified atom stereocenters. The van der Waals surface area contributed by atoms with Gasteiger partial charge >= 0.3 is 0 Å². The van der Waals surface area contributed by atoms with Crippen LogP contribution < -0.4 is 10.2 Å². The number of pyridine rings is 1. The number of rotatable bonds is 3. The highest BCUT2D eigenvalue weighted by molar-refractivity contribution is 7.80. The van der Waals surface area contributed by atoms with E-state index in [2.05, 4.69) is 28.7 Å². The molecule has 6 heteroatoms. The summed E-state index contributed by atoms with van der Waals surface area (Å²) in [5, 5.41) is 5.92. The number of halogens is 1. The molecule has 25 heavy (non-hydrogen) atoms. The van der Waals surface area contributed by atoms with Gasteiger partial charge in [0, 0.05) is 11.1 Å². The van der Waals surface area contributed by atoms with Gasteiger partial charge in [0.05, 0.1) is 23.5 Å². The molecule has 126 valence electrons. The highest BCUT2D eigenvalue weighted by Crippen LogP contribution is 2.44. The van der Waals surface area contributed by atoms with Crippen LogP contribution in [0, 0.1) is 12.7 Å². The van der Waals surface area contributed by atoms with Gasteiger partial charge in [-0.05, 0) is 60.4 Å². The number of hydrogen-bond donors (Lipinski definition) is 1. The Hall–Kier alpha value is -2.31. The Kier molecular flexibility index (Phi) is 4.23. The molecule has 0 saturated carbocycles. The maximum Gasteiger partial charge on any atom is 0.174 e. The van der Waals surface area contributed by atoms with Crippen molar-refractivity contribution in [1.82, 2.24) is 10.3 Å². The van der Waals surface area contributed by atoms with Crippen molar-refractivity contribution in [2.75, 3.05) is 4.90 Å². The number of thiophene rings is 1. The zero-order chi connectivity index (χ0) is 17.4. The zero-order valence-electron chi connectivity index (χ0n) is 13.5. The van der Waals surface area contributed by atoms with Crippen molar-refractivity contribution < 1.29 is 4.39 Å². The summed E-state index contributed by atoms with van der Waals surface area (Å²) in [4.78, 5) is 7.53. The summed E-state index contributed by atoms with van der Waals surface area (Å²) in [7, 11) is 0. The summed E-state index contributed by atoms with van der Waals surface area (Å²) < 4.78 is 14.5. The van der Waals surface area contributed by atoms with E-state index < -0.39 is 0 Å². The van der Waals surface area contributed by atoms with Crippen LogP contribution in [0.5, 0.6) is 0 Å². The van der Waals surface area contributed by atoms with Crippen molar-refractivity contribution in [1.29, 1.82) is 0 Å². The van der Waals surface area contributed by atoms with E-state index in [1.54, 1.807) is 29.7 Å². The number of thiocarbonyl (C=S) groups is 1. The number of para-hydroxylation sites is 1. The molecule has 1 fully saturated rings. The zero-order valence-corrected chi connectivity index (χ0v) is 15.2. The van der Waals surface area contributed by atoms with E-state index in [1.807, 2.05) is 29.2 Å². The Bertz CT molecular complexity index is 910. The molecule has 1 aromatic carbocycles. The maximum atomic E-state index is 14.5. The lowest BCUT2D eigenvalue weighted by molar-refractivity contribution is 0.563. The van der Waals surface area contributed by atoms with Gasteiger partial charge in [-0.25, -0.2) is 4.39 Å². The van der Waals surface area contributed by atoms with Crippen LogP contribution in [0.3, 0.4) is 0 Å². The van der Waals surface area contributed by atoms with Crippen LogP contribution in [0.25, 0.3) is 0 Å². The van der Waals surface area contributed by atoms with Crippen molar-refractivity contribution >= 4 is 34.4 Å². The molecule has 0 bridgehead atoms. The van der Waals surface area contributed by atoms with Gasteiger partial charge in [0.1, 0.15) is 5.82 Å². The van der Waals surface area contributed by atoms with E-state index in [9.17, 15) is 4.39 Å². The monoisotopic (exact) mass is 369 g/mol. The first-order valence-electron chi connectivity index (χ1n) is 7.96. The van der Waals surface area contributed by atoms with Gasteiger partial charge < -0.3 is 10.2 Å². The predicted octanol–water partition coefficient (Wildman–Crippen LogP) is 4.77. The number of aryl methyl sites for hydroxylation is 1. The van der Waals surface area contributed by atoms with Crippen molar-refractivity contribution in [3.05, 3.63) is 82.1 Å². The summed E-state index contributed by atoms with van der Waals surface area (Å²) in [6.07, 6.45) is 1.77. The van der Waals surface area contributed by atoms with E-state index in [1.165, 1.54) is 11.6 Å². The molecule has 0 spiro atoms. The topological polar surface area (TPSA) is 28.2 Å². The van der Waals surface area contributed by atoms with Crippen LogP contribution >= 0.6 is 23.6 Å². The molecule has 2 atom stereocenters. The second kappa shape index (κ2) is 6.54. The van der Waals surface area contributed by atoms with Crippen LogP contribution in [-0.4, -0.2) is 10.1 Å². The molecule has 0 amide bonds. The Morgan fingerprint density at radius 2 is 1.96 bits per heavy atom. The molecular weight excluding hydrogens is 353 g/mol. The van der Waals surface area contributed by atoms with Crippen molar-refractivity contribution in [2.24, 2.45) is 0 Å². The number of hydrogen-bond acceptors (Lipinski definition) is 3. The normalized spacial score (nSPS) is 19.9. The molecule has 1 aliphatic rings. The van der Waals surface area contributed by atoms with Crippen molar-refractivity contribution in [3.8, 4) is 0 Å². The van der Waals surface area contributed by atoms with E-state index >= 15 is 0 Å². The minimum absolute atomic E-state index is 0.134. The maximum absolute atomic E-state index is 14.5. The third kappa shape index (κ3) is 2.81. The van der Waals surface area contributed by atoms with Crippen molar-refractivity contribution in [3.63, 3.8) is 0 Å². The highest BCUT2D eigenvalue weighted by atomic mass is 32.1. The summed E-state index contributed by atoms with van der Waals surface area (Å²) in [5.41, 5.74) is 2.54. The SMILES string of the molecule is Cc1ccsc1[C@@H]1[C@H](c2ccccn2)NC(=S)N1c1ccccc1F. The fourth-order valence-electron chi connectivity index (χ4n) is 3.21. The number of benzene rings is 1. The van der Waals surface area contributed by atoms with Crippen LogP contribution in [0.15, 0.2) is 60.1 Å². The van der Waals surface area contributed by atoms with Gasteiger partial charge in [0.2, 0.25) is 0 Å². The number of nitrogens with zero attached hydrogens (tertiary/aromatic N) is 2. The Morgan fingerprint density at radius 1 is 1.16 bits per heavy atom. The molecular formula is C19H16FN3S2. The minimum Gasteiger partial charge on any atom is -0.351 e. The van der Waals surface area contributed by atoms with Crippen LogP contribution in [0.1, 0.15) is 28.2 Å². The summed E-state index contributed by atoms with van der Waals surface area (Å²) in [5.74, 6) is -0.285. The molecule has 1 aliphatic heterocycles. The summed E-state index contributed by atoms with van der Waals surface area (Å²) in [6, 6.07) is 14.4. The fourth-order valence-corrected chi connectivity index (χ4v) is 4.61. The lowest BCUT2D eigenvalue weighted by atomic mass is 10.0. The second-order valence-corrected chi connectivity index (χ2v) is 7.25. The molecule has 1 N–H and O–H groups in total. The van der Waals surface area contributed by atoms with Crippen LogP contribution in [-0.2, 0) is 0 Å². The number of nitrogens with one attached hydrogen (secondary N) is 1. The minimum atomic E-state index is -0.285. The average molecular weight is 369 g/mol. The molecule has 3 nitrogen and oxygen atoms in total. The van der Waals surface area contributed by atoms with E-state index in [0.717, 1.165) is 10.6 Å². The molecule has 3 heterocycles. The standard InChI is InChI=1S/C19H16FN3S2/c1-12-9-11-25-18(12)17-16(14-7-4-5-10-21-14)22-19(24)23(17)15-8-3-2-6-13(15)20/h2-11,16-17H,1H3,(H,22,24)/t16-,17-/m0/s1. The van der Waals surface area contributed by atoms with E-state index in [0.29, 0.717) is 10.8 Å². The first kappa shape index (κ1) is 16.2. The molecule has 0 radical (unpaired) electrons. The quantitative estimate of drug-likeness (QED) is 0.673. The third-order valence-corrected chi connectivity index (χ3v) is 5.78. The fraction of sp³-hybridized carbons (Fsp3) is 0.158. The third-order valence-electron chi connectivity index (χ3n) is 4.38. The van der Waals surface area contributed by atoms with Gasteiger partial charge in [-0.1, -0.05) is 18.2 Å². The van der Waals surface area contributed by atoms with E-state index in [4.69, 9.17) is 12.2 Å². The van der Waals surface area contributed by atoms with Gasteiger partial charge in [0.15, 0.2) is 5.11 Å². The van der Waals surface area contributed by atoms with Crippen LogP contribution in [0.4, 0.5) is 10.1 Å². The molecule has 4 rings (SSSR count). The van der Waals surface area contributed by atoms with Gasteiger partial charge in [-0.3, -0.25) is 4.98 Å². The second-order valence-electron chi connectivity index (χ2n) is 5.92. The Labute approximate surface area is 155 Å². The average Bonchev–Trinajstić information content (AvgIpc) is 3.19. The largest absolute Gasteiger partial charge is 0.351 e. The molecule has 2 aromatic heterocycles. The number of anilines is 1. The summed E-state index contributed by atoms with van der Waals surface area (Å²) >= 11 is 7.24.